The number of halogens is 1. The number of thioether (sulfide) groups is 1. The van der Waals surface area contributed by atoms with Gasteiger partial charge in [-0.2, -0.15) is 0 Å². The zero-order chi connectivity index (χ0) is 12.1. The Kier molecular flexibility index (Phi) is 4.83. The van der Waals surface area contributed by atoms with E-state index in [4.69, 9.17) is 10.5 Å². The van der Waals surface area contributed by atoms with Gasteiger partial charge in [-0.3, -0.25) is 0 Å². The molecule has 4 heteroatoms. The molecule has 2 rings (SSSR count). The van der Waals surface area contributed by atoms with Crippen molar-refractivity contribution >= 4 is 11.8 Å². The third-order valence-corrected chi connectivity index (χ3v) is 4.33. The molecule has 0 radical (unpaired) electrons. The van der Waals surface area contributed by atoms with Crippen molar-refractivity contribution in [1.82, 2.24) is 0 Å². The highest BCUT2D eigenvalue weighted by atomic mass is 32.2. The lowest BCUT2D eigenvalue weighted by atomic mass is 9.94. The number of benzene rings is 1. The van der Waals surface area contributed by atoms with Gasteiger partial charge in [0, 0.05) is 29.9 Å². The minimum absolute atomic E-state index is 0.128. The van der Waals surface area contributed by atoms with Crippen LogP contribution in [-0.4, -0.2) is 25.0 Å². The summed E-state index contributed by atoms with van der Waals surface area (Å²) in [6.45, 7) is 1.62. The van der Waals surface area contributed by atoms with Crippen molar-refractivity contribution in [1.29, 1.82) is 0 Å². The predicted molar refractivity (Wildman–Crippen MR) is 68.6 cm³/mol. The van der Waals surface area contributed by atoms with E-state index in [0.717, 1.165) is 31.8 Å². The molecule has 1 aromatic rings. The Hall–Kier alpha value is -0.580. The fourth-order valence-corrected chi connectivity index (χ4v) is 3.05. The Morgan fingerprint density at radius 1 is 1.35 bits per heavy atom. The monoisotopic (exact) mass is 255 g/mol. The lowest BCUT2D eigenvalue weighted by Gasteiger charge is -2.27. The van der Waals surface area contributed by atoms with Gasteiger partial charge < -0.3 is 10.5 Å². The summed E-state index contributed by atoms with van der Waals surface area (Å²) >= 11 is 1.51. The van der Waals surface area contributed by atoms with E-state index in [2.05, 4.69) is 0 Å². The van der Waals surface area contributed by atoms with Gasteiger partial charge >= 0.3 is 0 Å². The number of nitrogens with two attached hydrogens (primary N) is 1. The largest absolute Gasteiger partial charge is 0.381 e. The molecule has 94 valence electrons. The smallest absolute Gasteiger partial charge is 0.136 e. The average molecular weight is 255 g/mol. The average Bonchev–Trinajstić information content (AvgIpc) is 2.38. The van der Waals surface area contributed by atoms with Crippen molar-refractivity contribution in [3.8, 4) is 0 Å². The molecule has 1 saturated heterocycles. The molecule has 0 saturated carbocycles. The normalized spacial score (nSPS) is 19.2. The molecule has 1 unspecified atom stereocenters. The second-order valence-corrected chi connectivity index (χ2v) is 5.42. The van der Waals surface area contributed by atoms with Crippen LogP contribution < -0.4 is 5.73 Å². The first kappa shape index (κ1) is 12.9. The lowest BCUT2D eigenvalue weighted by Crippen LogP contribution is -2.36. The molecule has 1 aliphatic rings. The van der Waals surface area contributed by atoms with E-state index >= 15 is 0 Å². The summed E-state index contributed by atoms with van der Waals surface area (Å²) in [6, 6.07) is 6.98. The van der Waals surface area contributed by atoms with Crippen LogP contribution in [0.25, 0.3) is 0 Å². The fourth-order valence-electron chi connectivity index (χ4n) is 2.03. The molecule has 17 heavy (non-hydrogen) atoms. The summed E-state index contributed by atoms with van der Waals surface area (Å²) in [4.78, 5) is 0.690. The minimum Gasteiger partial charge on any atom is -0.381 e. The summed E-state index contributed by atoms with van der Waals surface area (Å²) in [7, 11) is 0. The van der Waals surface area contributed by atoms with Gasteiger partial charge in [0.05, 0.1) is 0 Å². The molecule has 1 heterocycles. The highest BCUT2D eigenvalue weighted by molar-refractivity contribution is 7.99. The third kappa shape index (κ3) is 3.69. The van der Waals surface area contributed by atoms with Gasteiger partial charge in [-0.05, 0) is 30.9 Å². The molecule has 0 aromatic heterocycles. The molecule has 0 amide bonds. The quantitative estimate of drug-likeness (QED) is 0.840. The Morgan fingerprint density at radius 3 is 2.76 bits per heavy atom. The van der Waals surface area contributed by atoms with Crippen LogP contribution in [0.15, 0.2) is 29.2 Å². The van der Waals surface area contributed by atoms with Gasteiger partial charge in [-0.1, -0.05) is 12.1 Å². The summed E-state index contributed by atoms with van der Waals surface area (Å²) < 4.78 is 18.7. The van der Waals surface area contributed by atoms with Gasteiger partial charge in [0.2, 0.25) is 0 Å². The van der Waals surface area contributed by atoms with E-state index in [1.807, 2.05) is 6.07 Å². The van der Waals surface area contributed by atoms with Gasteiger partial charge in [0.15, 0.2) is 0 Å². The predicted octanol–water partition coefficient (Wildman–Crippen LogP) is 2.67. The second-order valence-electron chi connectivity index (χ2n) is 4.36. The molecule has 0 bridgehead atoms. The fraction of sp³-hybridized carbons (Fsp3) is 0.538. The zero-order valence-corrected chi connectivity index (χ0v) is 10.6. The Morgan fingerprint density at radius 2 is 2.06 bits per heavy atom. The van der Waals surface area contributed by atoms with Crippen molar-refractivity contribution in [2.75, 3.05) is 19.0 Å². The maximum absolute atomic E-state index is 13.4. The lowest BCUT2D eigenvalue weighted by molar-refractivity contribution is 0.0607. The summed E-state index contributed by atoms with van der Waals surface area (Å²) in [5.74, 6) is 1.13. The molecule has 0 spiro atoms. The minimum atomic E-state index is -0.156. The van der Waals surface area contributed by atoms with Gasteiger partial charge in [-0.25, -0.2) is 4.39 Å². The highest BCUT2D eigenvalue weighted by Crippen LogP contribution is 2.25. The number of ether oxygens (including phenoxy) is 1. The van der Waals surface area contributed by atoms with Gasteiger partial charge in [0.1, 0.15) is 5.82 Å². The summed E-state index contributed by atoms with van der Waals surface area (Å²) in [5, 5.41) is 0. The summed E-state index contributed by atoms with van der Waals surface area (Å²) in [6.07, 6.45) is 2.05. The van der Waals surface area contributed by atoms with Crippen molar-refractivity contribution < 1.29 is 9.13 Å². The van der Waals surface area contributed by atoms with Crippen molar-refractivity contribution in [3.63, 3.8) is 0 Å². The molecule has 1 aromatic carbocycles. The number of rotatable bonds is 4. The van der Waals surface area contributed by atoms with Gasteiger partial charge in [0.25, 0.3) is 0 Å². The molecule has 2 N–H and O–H groups in total. The van der Waals surface area contributed by atoms with Crippen LogP contribution in [-0.2, 0) is 4.74 Å². The van der Waals surface area contributed by atoms with Crippen LogP contribution >= 0.6 is 11.8 Å². The van der Waals surface area contributed by atoms with E-state index in [-0.39, 0.29) is 11.9 Å². The van der Waals surface area contributed by atoms with Crippen LogP contribution in [0, 0.1) is 11.7 Å². The van der Waals surface area contributed by atoms with Crippen molar-refractivity contribution in [2.45, 2.75) is 23.8 Å². The maximum atomic E-state index is 13.4. The first-order valence-electron chi connectivity index (χ1n) is 5.98. The van der Waals surface area contributed by atoms with Crippen molar-refractivity contribution in [2.24, 2.45) is 11.7 Å². The van der Waals surface area contributed by atoms with Crippen LogP contribution in [0.2, 0.25) is 0 Å². The van der Waals surface area contributed by atoms with Crippen LogP contribution in [0.5, 0.6) is 0 Å². The molecule has 1 fully saturated rings. The zero-order valence-electron chi connectivity index (χ0n) is 9.77. The third-order valence-electron chi connectivity index (χ3n) is 3.14. The molecule has 0 aliphatic carbocycles. The first-order chi connectivity index (χ1) is 8.27. The molecule has 2 nitrogen and oxygen atoms in total. The van der Waals surface area contributed by atoms with Crippen LogP contribution in [0.3, 0.4) is 0 Å². The topological polar surface area (TPSA) is 35.2 Å². The molecule has 1 atom stereocenters. The second kappa shape index (κ2) is 6.38. The van der Waals surface area contributed by atoms with Crippen LogP contribution in [0.1, 0.15) is 12.8 Å². The van der Waals surface area contributed by atoms with E-state index in [1.54, 1.807) is 12.1 Å². The van der Waals surface area contributed by atoms with E-state index in [9.17, 15) is 4.39 Å². The van der Waals surface area contributed by atoms with E-state index in [0.29, 0.717) is 10.8 Å². The van der Waals surface area contributed by atoms with Crippen molar-refractivity contribution in [3.05, 3.63) is 30.1 Å². The molecule has 1 aliphatic heterocycles. The Bertz CT molecular complexity index is 355. The summed E-state index contributed by atoms with van der Waals surface area (Å²) in [5.41, 5.74) is 6.15. The van der Waals surface area contributed by atoms with Crippen LogP contribution in [0.4, 0.5) is 4.39 Å². The van der Waals surface area contributed by atoms with E-state index in [1.165, 1.54) is 17.8 Å². The molecular formula is C13H18FNOS. The first-order valence-corrected chi connectivity index (χ1v) is 6.96. The number of hydrogen-bond donors (Lipinski definition) is 1. The standard InChI is InChI=1S/C13H18FNOS/c14-11-3-1-2-4-13(11)17-9-12(15)10-5-7-16-8-6-10/h1-4,10,12H,5-9,15H2. The molecular weight excluding hydrogens is 237 g/mol. The Balaban J connectivity index is 1.83. The van der Waals surface area contributed by atoms with Gasteiger partial charge in [-0.15, -0.1) is 11.8 Å². The maximum Gasteiger partial charge on any atom is 0.136 e. The van der Waals surface area contributed by atoms with E-state index < -0.39 is 0 Å². The number of hydrogen-bond acceptors (Lipinski definition) is 3. The Labute approximate surface area is 106 Å². The SMILES string of the molecule is NC(CSc1ccccc1F)C1CCOCC1. The highest BCUT2D eigenvalue weighted by Gasteiger charge is 2.21.